The number of methoxy groups -OCH3 is 1. The number of aliphatic carboxylic acids is 1. The Morgan fingerprint density at radius 1 is 1.39 bits per heavy atom. The van der Waals surface area contributed by atoms with Crippen molar-refractivity contribution in [3.8, 4) is 5.75 Å². The van der Waals surface area contributed by atoms with Gasteiger partial charge < -0.3 is 14.9 Å². The minimum Gasteiger partial charge on any atom is -0.497 e. The van der Waals surface area contributed by atoms with E-state index in [-0.39, 0.29) is 6.61 Å². The molecule has 0 saturated carbocycles. The lowest BCUT2D eigenvalue weighted by atomic mass is 10.1. The molecule has 0 saturated heterocycles. The normalized spacial score (nSPS) is 12.4. The van der Waals surface area contributed by atoms with E-state index in [1.807, 2.05) is 6.92 Å². The van der Waals surface area contributed by atoms with Crippen molar-refractivity contribution < 1.29 is 19.7 Å². The maximum absolute atomic E-state index is 11.4. The van der Waals surface area contributed by atoms with Crippen molar-refractivity contribution in [2.75, 3.05) is 26.8 Å². The molecule has 5 heteroatoms. The monoisotopic (exact) mass is 253 g/mol. The second-order valence-electron chi connectivity index (χ2n) is 3.87. The second-order valence-corrected chi connectivity index (χ2v) is 3.87. The zero-order valence-corrected chi connectivity index (χ0v) is 10.7. The fourth-order valence-electron chi connectivity index (χ4n) is 1.89. The van der Waals surface area contributed by atoms with Crippen LogP contribution in [0, 0.1) is 0 Å². The first kappa shape index (κ1) is 14.5. The Balaban J connectivity index is 2.98. The molecule has 0 fully saturated rings. The largest absolute Gasteiger partial charge is 0.497 e. The number of carboxylic acids is 1. The summed E-state index contributed by atoms with van der Waals surface area (Å²) in [7, 11) is 1.56. The van der Waals surface area contributed by atoms with Gasteiger partial charge in [-0.1, -0.05) is 19.1 Å². The fraction of sp³-hybridized carbons (Fsp3) is 0.462. The number of carboxylic acid groups (broad SMARTS) is 1. The molecule has 1 aromatic carbocycles. The lowest BCUT2D eigenvalue weighted by Gasteiger charge is -2.27. The van der Waals surface area contributed by atoms with Gasteiger partial charge in [0, 0.05) is 6.54 Å². The van der Waals surface area contributed by atoms with E-state index in [2.05, 4.69) is 0 Å². The van der Waals surface area contributed by atoms with E-state index in [1.54, 1.807) is 36.3 Å². The first-order valence-corrected chi connectivity index (χ1v) is 5.85. The van der Waals surface area contributed by atoms with Gasteiger partial charge in [0.1, 0.15) is 11.8 Å². The Morgan fingerprint density at radius 3 is 2.39 bits per heavy atom. The molecule has 0 heterocycles. The zero-order valence-electron chi connectivity index (χ0n) is 10.7. The lowest BCUT2D eigenvalue weighted by Crippen LogP contribution is -2.36. The van der Waals surface area contributed by atoms with E-state index in [0.717, 1.165) is 0 Å². The van der Waals surface area contributed by atoms with Crippen LogP contribution in [0.3, 0.4) is 0 Å². The highest BCUT2D eigenvalue weighted by Crippen LogP contribution is 2.23. The number of nitrogens with zero attached hydrogens (tertiary/aromatic N) is 1. The van der Waals surface area contributed by atoms with E-state index in [0.29, 0.717) is 24.4 Å². The van der Waals surface area contributed by atoms with Gasteiger partial charge >= 0.3 is 5.97 Å². The van der Waals surface area contributed by atoms with Crippen molar-refractivity contribution in [1.82, 2.24) is 4.90 Å². The van der Waals surface area contributed by atoms with Gasteiger partial charge in [-0.3, -0.25) is 9.69 Å². The topological polar surface area (TPSA) is 70.0 Å². The van der Waals surface area contributed by atoms with Gasteiger partial charge in [-0.05, 0) is 24.2 Å². The summed E-state index contributed by atoms with van der Waals surface area (Å²) in [6.07, 6.45) is 0. The van der Waals surface area contributed by atoms with Crippen LogP contribution in [0.1, 0.15) is 18.5 Å². The molecule has 0 aromatic heterocycles. The van der Waals surface area contributed by atoms with Crippen LogP contribution in [0.5, 0.6) is 5.75 Å². The molecule has 5 nitrogen and oxygen atoms in total. The molecule has 0 aliphatic heterocycles. The van der Waals surface area contributed by atoms with Gasteiger partial charge in [0.2, 0.25) is 0 Å². The number of aliphatic hydroxyl groups is 1. The summed E-state index contributed by atoms with van der Waals surface area (Å²) in [4.78, 5) is 13.1. The first-order chi connectivity index (χ1) is 8.63. The SMILES string of the molecule is CCN(CCO)C(C(=O)O)c1ccc(OC)cc1. The molecule has 0 aliphatic carbocycles. The van der Waals surface area contributed by atoms with Crippen LogP contribution in [0.25, 0.3) is 0 Å². The molecule has 0 spiro atoms. The molecular formula is C13H19NO4. The molecule has 1 atom stereocenters. The Labute approximate surface area is 107 Å². The molecule has 2 N–H and O–H groups in total. The number of benzene rings is 1. The van der Waals surface area contributed by atoms with Crippen LogP contribution in [-0.2, 0) is 4.79 Å². The highest BCUT2D eigenvalue weighted by molar-refractivity contribution is 5.75. The van der Waals surface area contributed by atoms with Gasteiger partial charge in [0.15, 0.2) is 0 Å². The first-order valence-electron chi connectivity index (χ1n) is 5.85. The average molecular weight is 253 g/mol. The molecule has 1 aromatic rings. The third-order valence-corrected chi connectivity index (χ3v) is 2.82. The van der Waals surface area contributed by atoms with Crippen molar-refractivity contribution in [2.24, 2.45) is 0 Å². The number of hydrogen-bond acceptors (Lipinski definition) is 4. The summed E-state index contributed by atoms with van der Waals surface area (Å²) in [6, 6.07) is 6.19. The number of rotatable bonds is 7. The van der Waals surface area contributed by atoms with E-state index < -0.39 is 12.0 Å². The average Bonchev–Trinajstić information content (AvgIpc) is 2.38. The van der Waals surface area contributed by atoms with Crippen molar-refractivity contribution in [1.29, 1.82) is 0 Å². The van der Waals surface area contributed by atoms with Gasteiger partial charge in [0.25, 0.3) is 0 Å². The summed E-state index contributed by atoms with van der Waals surface area (Å²) in [6.45, 7) is 2.70. The van der Waals surface area contributed by atoms with E-state index >= 15 is 0 Å². The second kappa shape index (κ2) is 6.98. The molecule has 1 unspecified atom stereocenters. The standard InChI is InChI=1S/C13H19NO4/c1-3-14(8-9-15)12(13(16)17)10-4-6-11(18-2)7-5-10/h4-7,12,15H,3,8-9H2,1-2H3,(H,16,17). The molecule has 100 valence electrons. The molecule has 0 bridgehead atoms. The maximum Gasteiger partial charge on any atom is 0.325 e. The fourth-order valence-corrected chi connectivity index (χ4v) is 1.89. The number of hydrogen-bond donors (Lipinski definition) is 2. The summed E-state index contributed by atoms with van der Waals surface area (Å²) in [5.74, 6) is -0.233. The third-order valence-electron chi connectivity index (χ3n) is 2.82. The van der Waals surface area contributed by atoms with Gasteiger partial charge in [-0.25, -0.2) is 0 Å². The highest BCUT2D eigenvalue weighted by atomic mass is 16.5. The highest BCUT2D eigenvalue weighted by Gasteiger charge is 2.25. The predicted octanol–water partition coefficient (Wildman–Crippen LogP) is 1.14. The number of aliphatic hydroxyl groups excluding tert-OH is 1. The van der Waals surface area contributed by atoms with Crippen LogP contribution in [-0.4, -0.2) is 47.9 Å². The third kappa shape index (κ3) is 3.45. The molecule has 0 amide bonds. The van der Waals surface area contributed by atoms with Crippen molar-refractivity contribution >= 4 is 5.97 Å². The maximum atomic E-state index is 11.4. The van der Waals surface area contributed by atoms with E-state index in [9.17, 15) is 9.90 Å². The number of carbonyl (C=O) groups is 1. The molecule has 0 radical (unpaired) electrons. The van der Waals surface area contributed by atoms with Crippen LogP contribution in [0.2, 0.25) is 0 Å². The van der Waals surface area contributed by atoms with Crippen molar-refractivity contribution in [3.05, 3.63) is 29.8 Å². The van der Waals surface area contributed by atoms with Crippen molar-refractivity contribution in [3.63, 3.8) is 0 Å². The van der Waals surface area contributed by atoms with Gasteiger partial charge in [-0.15, -0.1) is 0 Å². The van der Waals surface area contributed by atoms with Crippen LogP contribution in [0.4, 0.5) is 0 Å². The summed E-state index contributed by atoms with van der Waals surface area (Å²) >= 11 is 0. The van der Waals surface area contributed by atoms with Crippen LogP contribution < -0.4 is 4.74 Å². The summed E-state index contributed by atoms with van der Waals surface area (Å²) in [5, 5.41) is 18.3. The zero-order chi connectivity index (χ0) is 13.5. The summed E-state index contributed by atoms with van der Waals surface area (Å²) < 4.78 is 5.04. The predicted molar refractivity (Wildman–Crippen MR) is 67.7 cm³/mol. The van der Waals surface area contributed by atoms with Gasteiger partial charge in [0.05, 0.1) is 13.7 Å². The number of ether oxygens (including phenoxy) is 1. The lowest BCUT2D eigenvalue weighted by molar-refractivity contribution is -0.143. The van der Waals surface area contributed by atoms with E-state index in [1.165, 1.54) is 0 Å². The molecule has 18 heavy (non-hydrogen) atoms. The Kier molecular flexibility index (Phi) is 5.61. The molecular weight excluding hydrogens is 234 g/mol. The van der Waals surface area contributed by atoms with E-state index in [4.69, 9.17) is 9.84 Å². The number of likely N-dealkylation sites (N-methyl/N-ethyl adjacent to an activating group) is 1. The minimum absolute atomic E-state index is 0.0617. The summed E-state index contributed by atoms with van der Waals surface area (Å²) in [5.41, 5.74) is 0.679. The quantitative estimate of drug-likeness (QED) is 0.762. The Morgan fingerprint density at radius 2 is 2.00 bits per heavy atom. The van der Waals surface area contributed by atoms with Crippen LogP contribution >= 0.6 is 0 Å². The van der Waals surface area contributed by atoms with Gasteiger partial charge in [-0.2, -0.15) is 0 Å². The molecule has 1 rings (SSSR count). The Bertz CT molecular complexity index is 377. The Hall–Kier alpha value is -1.59. The molecule has 0 aliphatic rings. The van der Waals surface area contributed by atoms with Crippen LogP contribution in [0.15, 0.2) is 24.3 Å². The smallest absolute Gasteiger partial charge is 0.325 e. The van der Waals surface area contributed by atoms with Crippen molar-refractivity contribution in [2.45, 2.75) is 13.0 Å². The minimum atomic E-state index is -0.921.